The van der Waals surface area contributed by atoms with Gasteiger partial charge in [0, 0.05) is 19.8 Å². The van der Waals surface area contributed by atoms with Crippen molar-refractivity contribution in [1.29, 1.82) is 0 Å². The van der Waals surface area contributed by atoms with Gasteiger partial charge in [0.25, 0.3) is 10.0 Å². The highest BCUT2D eigenvalue weighted by molar-refractivity contribution is 7.90. The molecule has 0 radical (unpaired) electrons. The van der Waals surface area contributed by atoms with Crippen LogP contribution in [0.1, 0.15) is 20.8 Å². The van der Waals surface area contributed by atoms with E-state index in [1.54, 1.807) is 47.0 Å². The summed E-state index contributed by atoms with van der Waals surface area (Å²) in [5, 5.41) is 2.98. The first kappa shape index (κ1) is 19.0. The van der Waals surface area contributed by atoms with E-state index in [0.717, 1.165) is 0 Å². The lowest BCUT2D eigenvalue weighted by Crippen LogP contribution is -2.41. The minimum Gasteiger partial charge on any atom is -0.464 e. The highest BCUT2D eigenvalue weighted by Crippen LogP contribution is 2.21. The Balaban J connectivity index is 3.04. The van der Waals surface area contributed by atoms with Gasteiger partial charge in [-0.05, 0) is 39.0 Å². The minimum absolute atomic E-state index is 0.0419. The summed E-state index contributed by atoms with van der Waals surface area (Å²) in [6.45, 7) is 5.33. The predicted octanol–water partition coefficient (Wildman–Crippen LogP) is 1.72. The number of nitrogens with one attached hydrogen (secondary N) is 1. The number of sulfonamides is 1. The number of anilines is 1. The summed E-state index contributed by atoms with van der Waals surface area (Å²) in [6.07, 6.45) is 1.22. The molecule has 0 unspecified atom stereocenters. The molecule has 0 aliphatic rings. The quantitative estimate of drug-likeness (QED) is 0.461. The molecule has 0 saturated heterocycles. The van der Waals surface area contributed by atoms with Gasteiger partial charge in [0.2, 0.25) is 0 Å². The number of ether oxygens (including phenoxy) is 1. The second kappa shape index (κ2) is 7.45. The van der Waals surface area contributed by atoms with Crippen LogP contribution in [0.4, 0.5) is 5.69 Å². The molecule has 1 rings (SSSR count). The number of hydrogen-bond acceptors (Lipinski definition) is 5. The third-order valence-corrected chi connectivity index (χ3v) is 4.01. The van der Waals surface area contributed by atoms with Gasteiger partial charge in [0.1, 0.15) is 11.9 Å². The van der Waals surface area contributed by atoms with Crippen LogP contribution in [0.15, 0.2) is 33.6 Å². The Bertz CT molecular complexity index is 682. The standard InChI is InChI=1S/C15H23N3O4S/c1-6-22-14(19)15(2,3)17-12-8-7-9-13(10-12)23(20,21)16-11-18(4)5/h7-11,17H,6H2,1-5H3. The van der Waals surface area contributed by atoms with E-state index in [-0.39, 0.29) is 11.5 Å². The Kier molecular flexibility index (Phi) is 6.14. The second-order valence-electron chi connectivity index (χ2n) is 5.66. The number of nitrogens with zero attached hydrogens (tertiary/aromatic N) is 2. The van der Waals surface area contributed by atoms with E-state index in [4.69, 9.17) is 4.74 Å². The third-order valence-electron chi connectivity index (χ3n) is 2.79. The first-order chi connectivity index (χ1) is 10.6. The fourth-order valence-corrected chi connectivity index (χ4v) is 2.64. The van der Waals surface area contributed by atoms with Crippen molar-refractivity contribution in [3.63, 3.8) is 0 Å². The summed E-state index contributed by atoms with van der Waals surface area (Å²) in [4.78, 5) is 13.5. The molecule has 0 saturated carbocycles. The van der Waals surface area contributed by atoms with E-state index in [2.05, 4.69) is 9.71 Å². The highest BCUT2D eigenvalue weighted by atomic mass is 32.2. The van der Waals surface area contributed by atoms with Crippen molar-refractivity contribution in [1.82, 2.24) is 4.90 Å². The maximum atomic E-state index is 12.1. The fourth-order valence-electron chi connectivity index (χ4n) is 1.67. The van der Waals surface area contributed by atoms with Crippen LogP contribution in [0, 0.1) is 0 Å². The van der Waals surface area contributed by atoms with Crippen molar-refractivity contribution in [2.45, 2.75) is 31.2 Å². The molecule has 1 N–H and O–H groups in total. The lowest BCUT2D eigenvalue weighted by molar-refractivity contribution is -0.147. The van der Waals surface area contributed by atoms with E-state index < -0.39 is 21.5 Å². The first-order valence-corrected chi connectivity index (χ1v) is 8.55. The van der Waals surface area contributed by atoms with E-state index in [1.165, 1.54) is 23.4 Å². The maximum Gasteiger partial charge on any atom is 0.331 e. The van der Waals surface area contributed by atoms with Crippen LogP contribution >= 0.6 is 0 Å². The van der Waals surface area contributed by atoms with E-state index in [9.17, 15) is 13.2 Å². The second-order valence-corrected chi connectivity index (χ2v) is 7.29. The molecule has 0 bridgehead atoms. The van der Waals surface area contributed by atoms with Crippen molar-refractivity contribution < 1.29 is 17.9 Å². The maximum absolute atomic E-state index is 12.1. The fraction of sp³-hybridized carbons (Fsp3) is 0.467. The zero-order valence-corrected chi connectivity index (χ0v) is 14.8. The number of esters is 1. The van der Waals surface area contributed by atoms with Gasteiger partial charge in [-0.15, -0.1) is 4.40 Å². The smallest absolute Gasteiger partial charge is 0.331 e. The molecule has 1 aromatic carbocycles. The number of rotatable bonds is 7. The molecule has 0 heterocycles. The van der Waals surface area contributed by atoms with Gasteiger partial charge in [-0.3, -0.25) is 0 Å². The Morgan fingerprint density at radius 1 is 1.39 bits per heavy atom. The lowest BCUT2D eigenvalue weighted by atomic mass is 10.1. The lowest BCUT2D eigenvalue weighted by Gasteiger charge is -2.25. The van der Waals surface area contributed by atoms with Crippen LogP contribution in [-0.2, 0) is 19.6 Å². The number of carbonyl (C=O) groups is 1. The molecule has 0 aliphatic carbocycles. The van der Waals surface area contributed by atoms with E-state index in [1.807, 2.05) is 0 Å². The minimum atomic E-state index is -3.79. The summed E-state index contributed by atoms with van der Waals surface area (Å²) >= 11 is 0. The van der Waals surface area contributed by atoms with Gasteiger partial charge in [0.05, 0.1) is 11.5 Å². The normalized spacial score (nSPS) is 12.2. The summed E-state index contributed by atoms with van der Waals surface area (Å²) in [5.74, 6) is -0.418. The number of carbonyl (C=O) groups excluding carboxylic acids is 1. The zero-order chi connectivity index (χ0) is 17.7. The van der Waals surface area contributed by atoms with Crippen molar-refractivity contribution in [3.8, 4) is 0 Å². The largest absolute Gasteiger partial charge is 0.464 e. The van der Waals surface area contributed by atoms with Crippen LogP contribution in [0.5, 0.6) is 0 Å². The molecule has 0 aliphatic heterocycles. The predicted molar refractivity (Wildman–Crippen MR) is 90.1 cm³/mol. The van der Waals surface area contributed by atoms with E-state index in [0.29, 0.717) is 5.69 Å². The summed E-state index contributed by atoms with van der Waals surface area (Å²) in [5.41, 5.74) is -0.491. The van der Waals surface area contributed by atoms with Gasteiger partial charge < -0.3 is 15.0 Å². The monoisotopic (exact) mass is 341 g/mol. The molecule has 0 aromatic heterocycles. The van der Waals surface area contributed by atoms with Gasteiger partial charge in [-0.25, -0.2) is 4.79 Å². The van der Waals surface area contributed by atoms with Gasteiger partial charge in [-0.1, -0.05) is 6.07 Å². The van der Waals surface area contributed by atoms with Crippen molar-refractivity contribution in [2.24, 2.45) is 4.40 Å². The Morgan fingerprint density at radius 2 is 2.04 bits per heavy atom. The SMILES string of the molecule is CCOC(=O)C(C)(C)Nc1cccc(S(=O)(=O)N=CN(C)C)c1. The average Bonchev–Trinajstić information content (AvgIpc) is 2.45. The summed E-state index contributed by atoms with van der Waals surface area (Å²) < 4.78 is 32.9. The Morgan fingerprint density at radius 3 is 2.61 bits per heavy atom. The molecular formula is C15H23N3O4S. The number of benzene rings is 1. The molecule has 128 valence electrons. The third kappa shape index (κ3) is 5.55. The van der Waals surface area contributed by atoms with Crippen LogP contribution < -0.4 is 5.32 Å². The highest BCUT2D eigenvalue weighted by Gasteiger charge is 2.29. The molecule has 0 amide bonds. The Hall–Kier alpha value is -2.09. The molecular weight excluding hydrogens is 318 g/mol. The molecule has 8 heteroatoms. The number of hydrogen-bond donors (Lipinski definition) is 1. The molecule has 23 heavy (non-hydrogen) atoms. The van der Waals surface area contributed by atoms with Crippen LogP contribution in [0.25, 0.3) is 0 Å². The Labute approximate surface area is 137 Å². The molecule has 0 fully saturated rings. The molecule has 1 aromatic rings. The first-order valence-electron chi connectivity index (χ1n) is 7.11. The summed E-state index contributed by atoms with van der Waals surface area (Å²) in [6, 6.07) is 6.14. The van der Waals surface area contributed by atoms with Gasteiger partial charge in [0.15, 0.2) is 0 Å². The van der Waals surface area contributed by atoms with Crippen molar-refractivity contribution in [3.05, 3.63) is 24.3 Å². The molecule has 0 spiro atoms. The van der Waals surface area contributed by atoms with Gasteiger partial charge in [-0.2, -0.15) is 8.42 Å². The van der Waals surface area contributed by atoms with Crippen LogP contribution in [0.3, 0.4) is 0 Å². The van der Waals surface area contributed by atoms with Crippen molar-refractivity contribution in [2.75, 3.05) is 26.0 Å². The summed E-state index contributed by atoms with van der Waals surface area (Å²) in [7, 11) is -0.433. The van der Waals surface area contributed by atoms with Crippen LogP contribution in [-0.4, -0.2) is 51.9 Å². The molecule has 0 atom stereocenters. The van der Waals surface area contributed by atoms with E-state index >= 15 is 0 Å². The molecule has 7 nitrogen and oxygen atoms in total. The average molecular weight is 341 g/mol. The zero-order valence-electron chi connectivity index (χ0n) is 14.0. The van der Waals surface area contributed by atoms with Crippen LogP contribution in [0.2, 0.25) is 0 Å². The van der Waals surface area contributed by atoms with Crippen molar-refractivity contribution >= 4 is 28.0 Å². The topological polar surface area (TPSA) is 88.1 Å². The van der Waals surface area contributed by atoms with Gasteiger partial charge >= 0.3 is 5.97 Å².